The third-order valence-electron chi connectivity index (χ3n) is 11.8. The maximum atomic E-state index is 6.79. The number of nitrogens with zero attached hydrogens (tertiary/aromatic N) is 2. The summed E-state index contributed by atoms with van der Waals surface area (Å²) in [6, 6.07) is 77.4. The van der Waals surface area contributed by atoms with E-state index in [0.717, 1.165) is 111 Å². The summed E-state index contributed by atoms with van der Waals surface area (Å²) in [6.45, 7) is 0. The van der Waals surface area contributed by atoms with Gasteiger partial charge in [-0.15, -0.1) is 0 Å². The SMILES string of the molecule is c1ccc(N(c2cccc3ccccc23)c2cccc3c2oc2ccccc23)c(-c2ccccc2N(c2cccc3ccccc23)c2cccc3c2oc2ccccc23)c1. The van der Waals surface area contributed by atoms with Gasteiger partial charge in [0.2, 0.25) is 0 Å². The normalized spacial score (nSPS) is 11.7. The highest BCUT2D eigenvalue weighted by Crippen LogP contribution is 2.51. The van der Waals surface area contributed by atoms with Gasteiger partial charge >= 0.3 is 0 Å². The molecule has 0 amide bonds. The Balaban J connectivity index is 1.16. The van der Waals surface area contributed by atoms with Crippen LogP contribution in [-0.2, 0) is 0 Å². The molecule has 0 aliphatic heterocycles. The second-order valence-corrected chi connectivity index (χ2v) is 15.2. The molecule has 0 unspecified atom stereocenters. The van der Waals surface area contributed by atoms with Crippen LogP contribution >= 0.6 is 0 Å². The Morgan fingerprint density at radius 3 is 1.03 bits per heavy atom. The van der Waals surface area contributed by atoms with Gasteiger partial charge in [0.25, 0.3) is 0 Å². The van der Waals surface area contributed by atoms with Gasteiger partial charge in [-0.05, 0) is 59.3 Å². The second kappa shape index (κ2) is 13.8. The molecule has 0 radical (unpaired) electrons. The topological polar surface area (TPSA) is 32.8 Å². The highest BCUT2D eigenvalue weighted by Gasteiger charge is 2.27. The number of furan rings is 2. The highest BCUT2D eigenvalue weighted by atomic mass is 16.3. The number of hydrogen-bond donors (Lipinski definition) is 0. The van der Waals surface area contributed by atoms with Crippen molar-refractivity contribution in [1.82, 2.24) is 0 Å². The lowest BCUT2D eigenvalue weighted by atomic mass is 9.97. The van der Waals surface area contributed by atoms with E-state index in [1.54, 1.807) is 0 Å². The van der Waals surface area contributed by atoms with Gasteiger partial charge in [0.05, 0.1) is 34.1 Å². The Morgan fingerprint density at radius 2 is 0.550 bits per heavy atom. The predicted molar refractivity (Wildman–Crippen MR) is 251 cm³/mol. The summed E-state index contributed by atoms with van der Waals surface area (Å²) in [6.07, 6.45) is 0. The van der Waals surface area contributed by atoms with Crippen molar-refractivity contribution in [1.29, 1.82) is 0 Å². The number of fused-ring (bicyclic) bond motifs is 8. The molecule has 0 aliphatic carbocycles. The fourth-order valence-corrected chi connectivity index (χ4v) is 9.19. The molecule has 4 heteroatoms. The lowest BCUT2D eigenvalue weighted by molar-refractivity contribution is 0.668. The molecular weight excluding hydrogens is 733 g/mol. The smallest absolute Gasteiger partial charge is 0.159 e. The van der Waals surface area contributed by atoms with Crippen LogP contribution in [0.5, 0.6) is 0 Å². The number of para-hydroxylation sites is 6. The molecule has 2 heterocycles. The van der Waals surface area contributed by atoms with Crippen LogP contribution in [0.2, 0.25) is 0 Å². The number of benzene rings is 10. The van der Waals surface area contributed by atoms with E-state index >= 15 is 0 Å². The lowest BCUT2D eigenvalue weighted by Gasteiger charge is -2.32. The van der Waals surface area contributed by atoms with Gasteiger partial charge in [-0.3, -0.25) is 0 Å². The Labute approximate surface area is 346 Å². The van der Waals surface area contributed by atoms with Crippen LogP contribution in [0.4, 0.5) is 34.1 Å². The Morgan fingerprint density at radius 1 is 0.233 bits per heavy atom. The molecule has 0 atom stereocenters. The fraction of sp³-hybridized carbons (Fsp3) is 0. The van der Waals surface area contributed by atoms with Crippen molar-refractivity contribution < 1.29 is 8.83 Å². The standard InChI is InChI=1S/C56H36N2O2/c1-3-21-39-37(17-1)19-13-31-47(39)57(51-33-15-27-45-43-25-7-11-35-53(43)59-55(45)51)49-29-9-5-23-41(49)42-24-6-10-30-50(42)58(48-32-14-20-38-18-2-4-22-40(38)48)52-34-16-28-46-44-26-8-12-36-54(44)60-56(46)52/h1-36H. The molecule has 0 aliphatic rings. The van der Waals surface area contributed by atoms with Gasteiger partial charge in [-0.2, -0.15) is 0 Å². The highest BCUT2D eigenvalue weighted by molar-refractivity contribution is 6.14. The van der Waals surface area contributed by atoms with Crippen molar-refractivity contribution in [3.05, 3.63) is 218 Å². The van der Waals surface area contributed by atoms with E-state index in [4.69, 9.17) is 8.83 Å². The first kappa shape index (κ1) is 34.0. The molecule has 0 saturated carbocycles. The fourth-order valence-electron chi connectivity index (χ4n) is 9.19. The van der Waals surface area contributed by atoms with Crippen molar-refractivity contribution in [2.75, 3.05) is 9.80 Å². The summed E-state index contributed by atoms with van der Waals surface area (Å²) in [4.78, 5) is 4.78. The van der Waals surface area contributed by atoms with Gasteiger partial charge in [0, 0.05) is 43.4 Å². The summed E-state index contributed by atoms with van der Waals surface area (Å²) in [7, 11) is 0. The number of hydrogen-bond acceptors (Lipinski definition) is 4. The Kier molecular flexibility index (Phi) is 7.82. The first-order valence-electron chi connectivity index (χ1n) is 20.3. The van der Waals surface area contributed by atoms with Gasteiger partial charge in [-0.25, -0.2) is 0 Å². The summed E-state index contributed by atoms with van der Waals surface area (Å²) >= 11 is 0. The van der Waals surface area contributed by atoms with E-state index in [1.807, 2.05) is 12.1 Å². The molecule has 10 aromatic carbocycles. The van der Waals surface area contributed by atoms with Crippen LogP contribution in [0.25, 0.3) is 76.5 Å². The lowest BCUT2D eigenvalue weighted by Crippen LogP contribution is -2.14. The first-order chi connectivity index (χ1) is 29.8. The zero-order valence-electron chi connectivity index (χ0n) is 32.5. The Hall–Kier alpha value is -8.08. The van der Waals surface area contributed by atoms with E-state index < -0.39 is 0 Å². The molecule has 4 nitrogen and oxygen atoms in total. The van der Waals surface area contributed by atoms with Gasteiger partial charge in [0.1, 0.15) is 11.2 Å². The van der Waals surface area contributed by atoms with Gasteiger partial charge < -0.3 is 18.6 Å². The monoisotopic (exact) mass is 768 g/mol. The minimum Gasteiger partial charge on any atom is -0.454 e. The summed E-state index contributed by atoms with van der Waals surface area (Å²) < 4.78 is 13.6. The van der Waals surface area contributed by atoms with Gasteiger partial charge in [0.15, 0.2) is 11.2 Å². The first-order valence-corrected chi connectivity index (χ1v) is 20.3. The average Bonchev–Trinajstić information content (AvgIpc) is 3.89. The molecule has 2 aromatic heterocycles. The van der Waals surface area contributed by atoms with Crippen molar-refractivity contribution in [2.45, 2.75) is 0 Å². The molecule has 60 heavy (non-hydrogen) atoms. The summed E-state index contributed by atoms with van der Waals surface area (Å²) in [5.41, 5.74) is 11.6. The quantitative estimate of drug-likeness (QED) is 0.162. The van der Waals surface area contributed by atoms with Crippen molar-refractivity contribution in [3.8, 4) is 11.1 Å². The van der Waals surface area contributed by atoms with Crippen LogP contribution in [0, 0.1) is 0 Å². The van der Waals surface area contributed by atoms with E-state index in [-0.39, 0.29) is 0 Å². The van der Waals surface area contributed by atoms with Crippen LogP contribution < -0.4 is 9.80 Å². The molecule has 0 bridgehead atoms. The second-order valence-electron chi connectivity index (χ2n) is 15.2. The third-order valence-corrected chi connectivity index (χ3v) is 11.8. The molecule has 0 saturated heterocycles. The van der Waals surface area contributed by atoms with E-state index in [2.05, 4.69) is 216 Å². The zero-order valence-corrected chi connectivity index (χ0v) is 32.5. The molecule has 0 fully saturated rings. The minimum absolute atomic E-state index is 0.837. The molecule has 12 aromatic rings. The van der Waals surface area contributed by atoms with Gasteiger partial charge in [-0.1, -0.05) is 170 Å². The minimum atomic E-state index is 0.837. The van der Waals surface area contributed by atoms with Crippen molar-refractivity contribution >= 4 is 99.5 Å². The van der Waals surface area contributed by atoms with Crippen molar-refractivity contribution in [3.63, 3.8) is 0 Å². The third kappa shape index (κ3) is 5.32. The predicted octanol–water partition coefficient (Wildman–Crippen LogP) is 16.4. The summed E-state index contributed by atoms with van der Waals surface area (Å²) in [5, 5.41) is 8.95. The maximum absolute atomic E-state index is 6.79. The molecule has 12 rings (SSSR count). The summed E-state index contributed by atoms with van der Waals surface area (Å²) in [5.74, 6) is 0. The number of rotatable bonds is 7. The largest absolute Gasteiger partial charge is 0.454 e. The van der Waals surface area contributed by atoms with E-state index in [1.165, 1.54) is 0 Å². The maximum Gasteiger partial charge on any atom is 0.159 e. The van der Waals surface area contributed by atoms with Crippen LogP contribution in [0.15, 0.2) is 227 Å². The number of anilines is 6. The molecular formula is C56H36N2O2. The van der Waals surface area contributed by atoms with Crippen LogP contribution in [0.1, 0.15) is 0 Å². The zero-order chi connectivity index (χ0) is 39.6. The van der Waals surface area contributed by atoms with E-state index in [0.29, 0.717) is 0 Å². The molecule has 282 valence electrons. The van der Waals surface area contributed by atoms with Crippen molar-refractivity contribution in [2.24, 2.45) is 0 Å². The van der Waals surface area contributed by atoms with Crippen LogP contribution in [0.3, 0.4) is 0 Å². The Bertz CT molecular complexity index is 3350. The molecule has 0 N–H and O–H groups in total. The molecule has 0 spiro atoms. The van der Waals surface area contributed by atoms with Crippen LogP contribution in [-0.4, -0.2) is 0 Å². The average molecular weight is 769 g/mol. The van der Waals surface area contributed by atoms with E-state index in [9.17, 15) is 0 Å².